The summed E-state index contributed by atoms with van der Waals surface area (Å²) in [4.78, 5) is 9.17. The Morgan fingerprint density at radius 1 is 1.00 bits per heavy atom. The molecule has 32 heavy (non-hydrogen) atoms. The molecule has 2 aromatic carbocycles. The maximum absolute atomic E-state index is 13.5. The fraction of sp³-hybridized carbons (Fsp3) is 0.391. The normalized spacial score (nSPS) is 17.4. The highest BCUT2D eigenvalue weighted by molar-refractivity contribution is 5.71. The van der Waals surface area contributed by atoms with Gasteiger partial charge in [0.1, 0.15) is 18.0 Å². The second-order valence-corrected chi connectivity index (χ2v) is 8.43. The second kappa shape index (κ2) is 8.48. The zero-order valence-electron chi connectivity index (χ0n) is 18.2. The van der Waals surface area contributed by atoms with E-state index in [1.807, 2.05) is 0 Å². The smallest absolute Gasteiger partial charge is 0.246 e. The van der Waals surface area contributed by atoms with Crippen molar-refractivity contribution in [3.63, 3.8) is 0 Å². The van der Waals surface area contributed by atoms with Gasteiger partial charge in [0.25, 0.3) is 0 Å². The first-order valence-electron chi connectivity index (χ1n) is 10.8. The van der Waals surface area contributed by atoms with Gasteiger partial charge >= 0.3 is 0 Å². The molecule has 2 fully saturated rings. The van der Waals surface area contributed by atoms with E-state index in [2.05, 4.69) is 51.2 Å². The SMILES string of the molecule is Cc1cc(Nc2ncn(-c3cc(F)cc(F)c3)n2)c(C)c(N2CC(N3CCOCC3)C2)c1. The number of ether oxygens (including phenoxy) is 1. The van der Waals surface area contributed by atoms with Crippen LogP contribution in [0.4, 0.5) is 26.1 Å². The molecule has 7 nitrogen and oxygen atoms in total. The van der Waals surface area contributed by atoms with Crippen molar-refractivity contribution in [2.75, 3.05) is 49.6 Å². The molecule has 2 aliphatic heterocycles. The van der Waals surface area contributed by atoms with Crippen molar-refractivity contribution in [2.45, 2.75) is 19.9 Å². The van der Waals surface area contributed by atoms with E-state index in [1.165, 1.54) is 28.8 Å². The summed E-state index contributed by atoms with van der Waals surface area (Å²) < 4.78 is 33.9. The Labute approximate surface area is 185 Å². The first kappa shape index (κ1) is 20.8. The average Bonchev–Trinajstić information content (AvgIpc) is 3.19. The molecule has 168 valence electrons. The number of anilines is 3. The van der Waals surface area contributed by atoms with Crippen molar-refractivity contribution in [3.8, 4) is 5.69 Å². The maximum Gasteiger partial charge on any atom is 0.246 e. The van der Waals surface area contributed by atoms with E-state index < -0.39 is 11.6 Å². The molecule has 0 bridgehead atoms. The maximum atomic E-state index is 13.5. The number of aromatic nitrogens is 3. The van der Waals surface area contributed by atoms with Crippen LogP contribution >= 0.6 is 0 Å². The largest absolute Gasteiger partial charge is 0.379 e. The summed E-state index contributed by atoms with van der Waals surface area (Å²) in [6.45, 7) is 9.78. The van der Waals surface area contributed by atoms with Gasteiger partial charge in [0, 0.05) is 49.7 Å². The van der Waals surface area contributed by atoms with Crippen molar-refractivity contribution < 1.29 is 13.5 Å². The highest BCUT2D eigenvalue weighted by atomic mass is 19.1. The fourth-order valence-electron chi connectivity index (χ4n) is 4.36. The lowest BCUT2D eigenvalue weighted by molar-refractivity contribution is 0.0105. The number of nitrogens with zero attached hydrogens (tertiary/aromatic N) is 5. The Bertz CT molecular complexity index is 1100. The van der Waals surface area contributed by atoms with Gasteiger partial charge in [-0.3, -0.25) is 4.90 Å². The van der Waals surface area contributed by atoms with Crippen LogP contribution in [0.15, 0.2) is 36.7 Å². The predicted octanol–water partition coefficient (Wildman–Crippen LogP) is 3.43. The lowest BCUT2D eigenvalue weighted by Gasteiger charge is -2.48. The van der Waals surface area contributed by atoms with Gasteiger partial charge in [0.05, 0.1) is 18.9 Å². The molecule has 2 aliphatic rings. The second-order valence-electron chi connectivity index (χ2n) is 8.43. The van der Waals surface area contributed by atoms with Crippen molar-refractivity contribution in [2.24, 2.45) is 0 Å². The first-order chi connectivity index (χ1) is 15.5. The van der Waals surface area contributed by atoms with Crippen LogP contribution in [0.5, 0.6) is 0 Å². The highest BCUT2D eigenvalue weighted by Crippen LogP contribution is 2.34. The lowest BCUT2D eigenvalue weighted by atomic mass is 10.0. The molecule has 3 aromatic rings. The molecule has 0 aliphatic carbocycles. The van der Waals surface area contributed by atoms with Gasteiger partial charge in [-0.15, -0.1) is 5.10 Å². The zero-order chi connectivity index (χ0) is 22.2. The Kier molecular flexibility index (Phi) is 5.52. The van der Waals surface area contributed by atoms with Gasteiger partial charge in [0.2, 0.25) is 5.95 Å². The molecule has 9 heteroatoms. The quantitative estimate of drug-likeness (QED) is 0.656. The van der Waals surface area contributed by atoms with Crippen LogP contribution in [0.3, 0.4) is 0 Å². The molecular weight excluding hydrogens is 414 g/mol. The third-order valence-corrected chi connectivity index (χ3v) is 6.14. The summed E-state index contributed by atoms with van der Waals surface area (Å²) in [6.07, 6.45) is 1.44. The molecule has 0 atom stereocenters. The molecule has 0 saturated carbocycles. The average molecular weight is 440 g/mol. The minimum Gasteiger partial charge on any atom is -0.379 e. The minimum absolute atomic E-state index is 0.277. The number of hydrogen-bond donors (Lipinski definition) is 1. The number of benzene rings is 2. The molecule has 0 unspecified atom stereocenters. The molecule has 0 radical (unpaired) electrons. The number of nitrogens with one attached hydrogen (secondary N) is 1. The summed E-state index contributed by atoms with van der Waals surface area (Å²) in [5.41, 5.74) is 4.64. The van der Waals surface area contributed by atoms with Gasteiger partial charge in [-0.25, -0.2) is 13.5 Å². The third kappa shape index (κ3) is 4.18. The van der Waals surface area contributed by atoms with Gasteiger partial charge in [0.15, 0.2) is 0 Å². The van der Waals surface area contributed by atoms with E-state index in [1.54, 1.807) is 0 Å². The Morgan fingerprint density at radius 2 is 1.72 bits per heavy atom. The number of rotatable bonds is 5. The monoisotopic (exact) mass is 440 g/mol. The van der Waals surface area contributed by atoms with Crippen LogP contribution in [0.25, 0.3) is 5.69 Å². The summed E-state index contributed by atoms with van der Waals surface area (Å²) >= 11 is 0. The van der Waals surface area contributed by atoms with E-state index >= 15 is 0 Å². The lowest BCUT2D eigenvalue weighted by Crippen LogP contribution is -2.61. The third-order valence-electron chi connectivity index (χ3n) is 6.14. The number of halogens is 2. The Morgan fingerprint density at radius 3 is 2.44 bits per heavy atom. The Hall–Kier alpha value is -3.04. The van der Waals surface area contributed by atoms with Gasteiger partial charge < -0.3 is 15.0 Å². The van der Waals surface area contributed by atoms with E-state index in [0.717, 1.165) is 62.3 Å². The van der Waals surface area contributed by atoms with Gasteiger partial charge in [-0.2, -0.15) is 4.98 Å². The molecule has 3 heterocycles. The van der Waals surface area contributed by atoms with E-state index in [-0.39, 0.29) is 5.69 Å². The molecule has 0 amide bonds. The number of morpholine rings is 1. The molecule has 0 spiro atoms. The van der Waals surface area contributed by atoms with Crippen molar-refractivity contribution >= 4 is 17.3 Å². The number of hydrogen-bond acceptors (Lipinski definition) is 6. The predicted molar refractivity (Wildman–Crippen MR) is 119 cm³/mol. The van der Waals surface area contributed by atoms with Crippen molar-refractivity contribution in [1.29, 1.82) is 0 Å². The standard InChI is InChI=1S/C23H26F2N6O/c1-15-7-21(27-23-26-14-31(28-23)19-10-17(24)9-18(25)11-19)16(2)22(8-15)30-12-20(13-30)29-3-5-32-6-4-29/h7-11,14,20H,3-6,12-13H2,1-2H3,(H,27,28). The van der Waals surface area contributed by atoms with Crippen LogP contribution < -0.4 is 10.2 Å². The van der Waals surface area contributed by atoms with Crippen molar-refractivity contribution in [3.05, 3.63) is 59.4 Å². The summed E-state index contributed by atoms with van der Waals surface area (Å²) in [7, 11) is 0. The fourth-order valence-corrected chi connectivity index (χ4v) is 4.36. The van der Waals surface area contributed by atoms with Crippen LogP contribution in [0, 0.1) is 25.5 Å². The summed E-state index contributed by atoms with van der Waals surface area (Å²) in [5.74, 6) is -0.952. The van der Waals surface area contributed by atoms with E-state index in [9.17, 15) is 8.78 Å². The molecule has 2 saturated heterocycles. The summed E-state index contributed by atoms with van der Waals surface area (Å²) in [6, 6.07) is 8.09. The van der Waals surface area contributed by atoms with E-state index in [0.29, 0.717) is 12.0 Å². The van der Waals surface area contributed by atoms with E-state index in [4.69, 9.17) is 4.74 Å². The van der Waals surface area contributed by atoms with Gasteiger partial charge in [-0.05, 0) is 49.2 Å². The topological polar surface area (TPSA) is 58.5 Å². The van der Waals surface area contributed by atoms with Crippen LogP contribution in [-0.4, -0.2) is 65.1 Å². The van der Waals surface area contributed by atoms with Crippen molar-refractivity contribution in [1.82, 2.24) is 19.7 Å². The van der Waals surface area contributed by atoms with Crippen LogP contribution in [-0.2, 0) is 4.74 Å². The van der Waals surface area contributed by atoms with Gasteiger partial charge in [-0.1, -0.05) is 0 Å². The minimum atomic E-state index is -0.658. The zero-order valence-corrected chi connectivity index (χ0v) is 18.2. The molecule has 1 aromatic heterocycles. The molecular formula is C23H26F2N6O. The first-order valence-corrected chi connectivity index (χ1v) is 10.8. The highest BCUT2D eigenvalue weighted by Gasteiger charge is 2.33. The number of aryl methyl sites for hydroxylation is 1. The summed E-state index contributed by atoms with van der Waals surface area (Å²) in [5, 5.41) is 7.61. The van der Waals surface area contributed by atoms with Crippen LogP contribution in [0.1, 0.15) is 11.1 Å². The van der Waals surface area contributed by atoms with Crippen LogP contribution in [0.2, 0.25) is 0 Å². The molecule has 1 N–H and O–H groups in total. The Balaban J connectivity index is 1.32. The molecule has 5 rings (SSSR count).